The third kappa shape index (κ3) is 4.15. The smallest absolute Gasteiger partial charge is 0.308 e. The first-order valence-corrected chi connectivity index (χ1v) is 6.67. The van der Waals surface area contributed by atoms with Crippen LogP contribution in [0.15, 0.2) is 48.5 Å². The number of halogens is 1. The fourth-order valence-electron chi connectivity index (χ4n) is 2.01. The van der Waals surface area contributed by atoms with Gasteiger partial charge in [0, 0.05) is 13.8 Å². The minimum absolute atomic E-state index is 0.365. The Bertz CT molecular complexity index is 662. The maximum absolute atomic E-state index is 13.0. The summed E-state index contributed by atoms with van der Waals surface area (Å²) in [5.74, 6) is -0.825. The number of hydrogen-bond donors (Lipinski definition) is 0. The van der Waals surface area contributed by atoms with Gasteiger partial charge in [-0.2, -0.15) is 0 Å². The van der Waals surface area contributed by atoms with Crippen LogP contribution in [0.25, 0.3) is 0 Å². The molecule has 0 radical (unpaired) electrons. The SMILES string of the molecule is CC(=O)Oc1ccc(C(OC(C)=O)c2ccc(F)cc2)cc1. The molecule has 0 fully saturated rings. The predicted molar refractivity (Wildman–Crippen MR) is 77.8 cm³/mol. The zero-order valence-corrected chi connectivity index (χ0v) is 12.2. The van der Waals surface area contributed by atoms with Crippen molar-refractivity contribution in [3.8, 4) is 5.75 Å². The molecule has 0 aliphatic rings. The van der Waals surface area contributed by atoms with Crippen LogP contribution >= 0.6 is 0 Å². The molecule has 2 aromatic carbocycles. The summed E-state index contributed by atoms with van der Waals surface area (Å²) < 4.78 is 23.3. The van der Waals surface area contributed by atoms with Gasteiger partial charge < -0.3 is 9.47 Å². The van der Waals surface area contributed by atoms with Crippen molar-refractivity contribution < 1.29 is 23.5 Å². The Balaban J connectivity index is 2.30. The molecule has 0 aromatic heterocycles. The first kappa shape index (κ1) is 15.7. The van der Waals surface area contributed by atoms with E-state index in [0.717, 1.165) is 0 Å². The highest BCUT2D eigenvalue weighted by molar-refractivity contribution is 5.69. The van der Waals surface area contributed by atoms with Crippen molar-refractivity contribution in [3.05, 3.63) is 65.5 Å². The molecule has 0 bridgehead atoms. The van der Waals surface area contributed by atoms with E-state index >= 15 is 0 Å². The van der Waals surface area contributed by atoms with Gasteiger partial charge in [-0.05, 0) is 35.4 Å². The summed E-state index contributed by atoms with van der Waals surface area (Å²) in [6, 6.07) is 12.3. The number of rotatable bonds is 4. The van der Waals surface area contributed by atoms with Gasteiger partial charge >= 0.3 is 11.9 Å². The Labute approximate surface area is 127 Å². The largest absolute Gasteiger partial charge is 0.453 e. The number of carbonyl (C=O) groups is 2. The lowest BCUT2D eigenvalue weighted by atomic mass is 10.0. The number of esters is 2. The number of hydrogen-bond acceptors (Lipinski definition) is 4. The highest BCUT2D eigenvalue weighted by atomic mass is 19.1. The van der Waals surface area contributed by atoms with Gasteiger partial charge in [-0.25, -0.2) is 4.39 Å². The fraction of sp³-hybridized carbons (Fsp3) is 0.176. The first-order valence-electron chi connectivity index (χ1n) is 6.67. The van der Waals surface area contributed by atoms with Crippen molar-refractivity contribution in [2.45, 2.75) is 20.0 Å². The average molecular weight is 302 g/mol. The quantitative estimate of drug-likeness (QED) is 0.641. The van der Waals surface area contributed by atoms with Crippen LogP contribution in [-0.4, -0.2) is 11.9 Å². The molecule has 0 spiro atoms. The Morgan fingerprint density at radius 1 is 0.864 bits per heavy atom. The van der Waals surface area contributed by atoms with Gasteiger partial charge in [0.05, 0.1) is 0 Å². The second-order valence-electron chi connectivity index (χ2n) is 4.70. The van der Waals surface area contributed by atoms with E-state index in [0.29, 0.717) is 16.9 Å². The summed E-state index contributed by atoms with van der Waals surface area (Å²) in [6.07, 6.45) is -0.649. The molecular weight excluding hydrogens is 287 g/mol. The van der Waals surface area contributed by atoms with Crippen molar-refractivity contribution in [1.82, 2.24) is 0 Å². The van der Waals surface area contributed by atoms with E-state index in [1.165, 1.54) is 26.0 Å². The van der Waals surface area contributed by atoms with Crippen LogP contribution in [0.1, 0.15) is 31.1 Å². The molecule has 0 amide bonds. The fourth-order valence-corrected chi connectivity index (χ4v) is 2.01. The van der Waals surface area contributed by atoms with Crippen molar-refractivity contribution in [3.63, 3.8) is 0 Å². The Kier molecular flexibility index (Phi) is 4.88. The summed E-state index contributed by atoms with van der Waals surface area (Å²) in [7, 11) is 0. The average Bonchev–Trinajstić information content (AvgIpc) is 2.46. The van der Waals surface area contributed by atoms with E-state index in [1.54, 1.807) is 36.4 Å². The second-order valence-corrected chi connectivity index (χ2v) is 4.70. The van der Waals surface area contributed by atoms with Crippen LogP contribution in [0.3, 0.4) is 0 Å². The molecule has 5 heteroatoms. The Hall–Kier alpha value is -2.69. The van der Waals surface area contributed by atoms with Gasteiger partial charge in [-0.1, -0.05) is 24.3 Å². The highest BCUT2D eigenvalue weighted by Gasteiger charge is 2.17. The lowest BCUT2D eigenvalue weighted by Crippen LogP contribution is -2.10. The summed E-state index contributed by atoms with van der Waals surface area (Å²) in [6.45, 7) is 2.62. The van der Waals surface area contributed by atoms with Crippen LogP contribution in [-0.2, 0) is 14.3 Å². The van der Waals surface area contributed by atoms with E-state index in [1.807, 2.05) is 0 Å². The third-order valence-electron chi connectivity index (χ3n) is 2.90. The lowest BCUT2D eigenvalue weighted by Gasteiger charge is -2.18. The van der Waals surface area contributed by atoms with Gasteiger partial charge in [0.2, 0.25) is 0 Å². The van der Waals surface area contributed by atoms with Crippen LogP contribution < -0.4 is 4.74 Å². The van der Waals surface area contributed by atoms with Gasteiger partial charge in [0.25, 0.3) is 0 Å². The summed E-state index contributed by atoms with van der Waals surface area (Å²) in [5, 5.41) is 0. The van der Waals surface area contributed by atoms with E-state index in [4.69, 9.17) is 9.47 Å². The van der Waals surface area contributed by atoms with E-state index in [2.05, 4.69) is 0 Å². The molecule has 0 aliphatic carbocycles. The molecule has 1 atom stereocenters. The first-order chi connectivity index (χ1) is 10.5. The molecule has 22 heavy (non-hydrogen) atoms. The summed E-state index contributed by atoms with van der Waals surface area (Å²) in [4.78, 5) is 22.2. The minimum atomic E-state index is -0.649. The van der Waals surface area contributed by atoms with Crippen LogP contribution in [0, 0.1) is 5.82 Å². The molecule has 0 aliphatic heterocycles. The molecular formula is C17H15FO4. The number of benzene rings is 2. The Morgan fingerprint density at radius 3 is 1.82 bits per heavy atom. The summed E-state index contributed by atoms with van der Waals surface area (Å²) in [5.41, 5.74) is 1.34. The van der Waals surface area contributed by atoms with Crippen LogP contribution in [0.5, 0.6) is 5.75 Å². The van der Waals surface area contributed by atoms with Gasteiger partial charge in [-0.3, -0.25) is 9.59 Å². The van der Waals surface area contributed by atoms with Crippen molar-refractivity contribution >= 4 is 11.9 Å². The normalized spacial score (nSPS) is 11.6. The maximum atomic E-state index is 13.0. The van der Waals surface area contributed by atoms with Crippen molar-refractivity contribution in [1.29, 1.82) is 0 Å². The summed E-state index contributed by atoms with van der Waals surface area (Å²) >= 11 is 0. The maximum Gasteiger partial charge on any atom is 0.308 e. The molecule has 4 nitrogen and oxygen atoms in total. The minimum Gasteiger partial charge on any atom is -0.453 e. The Morgan fingerprint density at radius 2 is 1.36 bits per heavy atom. The predicted octanol–water partition coefficient (Wildman–Crippen LogP) is 3.40. The van der Waals surface area contributed by atoms with E-state index in [-0.39, 0.29) is 5.82 Å². The van der Waals surface area contributed by atoms with E-state index < -0.39 is 18.0 Å². The lowest BCUT2D eigenvalue weighted by molar-refractivity contribution is -0.144. The molecule has 2 rings (SSSR count). The van der Waals surface area contributed by atoms with Crippen LogP contribution in [0.2, 0.25) is 0 Å². The standard InChI is InChI=1S/C17H15FO4/c1-11(19)21-16-9-5-14(6-10-16)17(22-12(2)20)13-3-7-15(18)8-4-13/h3-10,17H,1-2H3. The molecule has 2 aromatic rings. The zero-order valence-electron chi connectivity index (χ0n) is 12.2. The molecule has 0 saturated heterocycles. The molecule has 0 heterocycles. The molecule has 114 valence electrons. The molecule has 0 saturated carbocycles. The van der Waals surface area contributed by atoms with Gasteiger partial charge in [0.15, 0.2) is 6.10 Å². The monoisotopic (exact) mass is 302 g/mol. The highest BCUT2D eigenvalue weighted by Crippen LogP contribution is 2.28. The van der Waals surface area contributed by atoms with Crippen LogP contribution in [0.4, 0.5) is 4.39 Å². The topological polar surface area (TPSA) is 52.6 Å². The molecule has 0 N–H and O–H groups in total. The van der Waals surface area contributed by atoms with Crippen molar-refractivity contribution in [2.24, 2.45) is 0 Å². The number of ether oxygens (including phenoxy) is 2. The van der Waals surface area contributed by atoms with Crippen molar-refractivity contribution in [2.75, 3.05) is 0 Å². The zero-order chi connectivity index (χ0) is 16.1. The number of carbonyl (C=O) groups excluding carboxylic acids is 2. The third-order valence-corrected chi connectivity index (χ3v) is 2.90. The van der Waals surface area contributed by atoms with Gasteiger partial charge in [0.1, 0.15) is 11.6 Å². The molecule has 1 unspecified atom stereocenters. The van der Waals surface area contributed by atoms with Gasteiger partial charge in [-0.15, -0.1) is 0 Å². The second kappa shape index (κ2) is 6.85. The van der Waals surface area contributed by atoms with E-state index in [9.17, 15) is 14.0 Å².